The molecule has 0 bridgehead atoms. The van der Waals surface area contributed by atoms with E-state index in [-0.39, 0.29) is 29.1 Å². The Bertz CT molecular complexity index is 1110. The maximum Gasteiger partial charge on any atom is 0.270 e. The van der Waals surface area contributed by atoms with Crippen LogP contribution in [-0.4, -0.2) is 53.4 Å². The zero-order valence-corrected chi connectivity index (χ0v) is 16.0. The number of para-hydroxylation sites is 1. The van der Waals surface area contributed by atoms with Crippen LogP contribution in [0.5, 0.6) is 0 Å². The fourth-order valence-corrected chi connectivity index (χ4v) is 5.09. The number of benzene rings is 1. The van der Waals surface area contributed by atoms with E-state index in [1.807, 2.05) is 24.4 Å². The second kappa shape index (κ2) is 7.59. The highest BCUT2D eigenvalue weighted by atomic mass is 32.2. The Kier molecular flexibility index (Phi) is 4.99. The number of sulfone groups is 1. The average Bonchev–Trinajstić information content (AvgIpc) is 3.25. The van der Waals surface area contributed by atoms with E-state index in [0.717, 1.165) is 16.5 Å². The van der Waals surface area contributed by atoms with Crippen molar-refractivity contribution >= 4 is 32.5 Å². The monoisotopic (exact) mass is 399 g/mol. The van der Waals surface area contributed by atoms with Crippen LogP contribution in [0.4, 0.5) is 5.82 Å². The molecule has 1 amide bonds. The number of amides is 1. The minimum Gasteiger partial charge on any atom is -0.366 e. The van der Waals surface area contributed by atoms with E-state index >= 15 is 0 Å². The number of carbonyl (C=O) groups is 1. The van der Waals surface area contributed by atoms with E-state index in [9.17, 15) is 13.2 Å². The van der Waals surface area contributed by atoms with Gasteiger partial charge in [0.25, 0.3) is 5.91 Å². The molecule has 28 heavy (non-hydrogen) atoms. The smallest absolute Gasteiger partial charge is 0.270 e. The molecule has 8 nitrogen and oxygen atoms in total. The lowest BCUT2D eigenvalue weighted by Gasteiger charge is -2.12. The molecule has 4 rings (SSSR count). The number of nitrogens with one attached hydrogen (secondary N) is 3. The van der Waals surface area contributed by atoms with Crippen LogP contribution in [0, 0.1) is 0 Å². The lowest BCUT2D eigenvalue weighted by molar-refractivity contribution is 0.0949. The minimum absolute atomic E-state index is 0.0865. The van der Waals surface area contributed by atoms with Gasteiger partial charge in [-0.1, -0.05) is 18.2 Å². The maximum absolute atomic E-state index is 12.4. The van der Waals surface area contributed by atoms with E-state index in [2.05, 4.69) is 31.7 Å². The van der Waals surface area contributed by atoms with Crippen molar-refractivity contribution < 1.29 is 13.2 Å². The van der Waals surface area contributed by atoms with Crippen LogP contribution in [0.15, 0.2) is 42.9 Å². The summed E-state index contributed by atoms with van der Waals surface area (Å²) in [7, 11) is -2.98. The van der Waals surface area contributed by atoms with Crippen LogP contribution in [0.25, 0.3) is 10.9 Å². The van der Waals surface area contributed by atoms with Crippen LogP contribution in [-0.2, 0) is 16.3 Å². The molecule has 0 radical (unpaired) electrons. The number of fused-ring (bicyclic) bond motifs is 1. The second-order valence-corrected chi connectivity index (χ2v) is 9.13. The fraction of sp³-hybridized carbons (Fsp3) is 0.316. The first kappa shape index (κ1) is 18.4. The Morgan fingerprint density at radius 2 is 2.11 bits per heavy atom. The summed E-state index contributed by atoms with van der Waals surface area (Å²) >= 11 is 0. The summed E-state index contributed by atoms with van der Waals surface area (Å²) in [5, 5.41) is 7.09. The topological polar surface area (TPSA) is 117 Å². The first-order valence-corrected chi connectivity index (χ1v) is 10.9. The summed E-state index contributed by atoms with van der Waals surface area (Å²) in [6.07, 6.45) is 4.50. The highest BCUT2D eigenvalue weighted by Gasteiger charge is 2.28. The van der Waals surface area contributed by atoms with Crippen molar-refractivity contribution in [3.05, 3.63) is 54.1 Å². The largest absolute Gasteiger partial charge is 0.366 e. The normalized spacial score (nSPS) is 18.2. The lowest BCUT2D eigenvalue weighted by atomic mass is 10.1. The van der Waals surface area contributed by atoms with Gasteiger partial charge in [0.2, 0.25) is 0 Å². The molecular weight excluding hydrogens is 378 g/mol. The molecule has 1 atom stereocenters. The van der Waals surface area contributed by atoms with Crippen molar-refractivity contribution in [2.45, 2.75) is 18.9 Å². The molecule has 1 aliphatic heterocycles. The molecule has 3 aromatic rings. The van der Waals surface area contributed by atoms with E-state index < -0.39 is 9.84 Å². The quantitative estimate of drug-likeness (QED) is 0.579. The Balaban J connectivity index is 1.34. The van der Waals surface area contributed by atoms with Crippen LogP contribution < -0.4 is 10.6 Å². The van der Waals surface area contributed by atoms with Gasteiger partial charge in [-0.3, -0.25) is 4.79 Å². The first-order valence-electron chi connectivity index (χ1n) is 9.12. The molecule has 146 valence electrons. The molecule has 1 aliphatic rings. The van der Waals surface area contributed by atoms with E-state index in [1.54, 1.807) is 6.07 Å². The third-order valence-corrected chi connectivity index (χ3v) is 6.61. The third kappa shape index (κ3) is 4.14. The first-order chi connectivity index (χ1) is 13.5. The van der Waals surface area contributed by atoms with Gasteiger partial charge in [0.1, 0.15) is 17.8 Å². The number of hydrogen-bond acceptors (Lipinski definition) is 6. The Morgan fingerprint density at radius 3 is 2.93 bits per heavy atom. The average molecular weight is 399 g/mol. The number of carbonyl (C=O) groups excluding carboxylic acids is 1. The predicted molar refractivity (Wildman–Crippen MR) is 107 cm³/mol. The number of hydrogen-bond donors (Lipinski definition) is 3. The van der Waals surface area contributed by atoms with Gasteiger partial charge >= 0.3 is 0 Å². The molecule has 0 spiro atoms. The lowest BCUT2D eigenvalue weighted by Crippen LogP contribution is -2.27. The van der Waals surface area contributed by atoms with Gasteiger partial charge in [-0.15, -0.1) is 0 Å². The predicted octanol–water partition coefficient (Wildman–Crippen LogP) is 1.53. The van der Waals surface area contributed by atoms with Crippen molar-refractivity contribution in [3.63, 3.8) is 0 Å². The zero-order chi connectivity index (χ0) is 19.6. The molecule has 1 saturated heterocycles. The highest BCUT2D eigenvalue weighted by molar-refractivity contribution is 7.91. The van der Waals surface area contributed by atoms with Gasteiger partial charge in [-0.05, 0) is 24.5 Å². The van der Waals surface area contributed by atoms with Gasteiger partial charge in [0.05, 0.1) is 11.5 Å². The Morgan fingerprint density at radius 1 is 1.25 bits per heavy atom. The number of nitrogens with zero attached hydrogens (tertiary/aromatic N) is 2. The van der Waals surface area contributed by atoms with E-state index in [4.69, 9.17) is 0 Å². The van der Waals surface area contributed by atoms with Gasteiger partial charge in [-0.25, -0.2) is 18.4 Å². The van der Waals surface area contributed by atoms with Crippen molar-refractivity contribution in [1.29, 1.82) is 0 Å². The standard InChI is InChI=1S/C19H21N5O3S/c25-19(20-7-5-13-10-21-16-4-2-1-3-15(13)16)17-9-18(23-12-22-17)24-14-6-8-28(26,27)11-14/h1-4,9-10,12,14,21H,5-8,11H2,(H,20,25)(H,22,23,24). The molecule has 3 heterocycles. The summed E-state index contributed by atoms with van der Waals surface area (Å²) in [5.41, 5.74) is 2.46. The molecule has 9 heteroatoms. The van der Waals surface area contributed by atoms with E-state index in [1.165, 1.54) is 6.33 Å². The van der Waals surface area contributed by atoms with Crippen LogP contribution >= 0.6 is 0 Å². The maximum atomic E-state index is 12.4. The van der Waals surface area contributed by atoms with Crippen molar-refractivity contribution in [2.75, 3.05) is 23.4 Å². The van der Waals surface area contributed by atoms with E-state index in [0.29, 0.717) is 25.2 Å². The van der Waals surface area contributed by atoms with Gasteiger partial charge < -0.3 is 15.6 Å². The van der Waals surface area contributed by atoms with Gasteiger partial charge in [-0.2, -0.15) is 0 Å². The summed E-state index contributed by atoms with van der Waals surface area (Å²) in [6, 6.07) is 9.40. The number of rotatable bonds is 6. The number of aromatic amines is 1. The summed E-state index contributed by atoms with van der Waals surface area (Å²) in [6.45, 7) is 0.480. The van der Waals surface area contributed by atoms with Crippen molar-refractivity contribution in [1.82, 2.24) is 20.3 Å². The molecule has 1 fully saturated rings. The molecule has 0 aliphatic carbocycles. The Hall–Kier alpha value is -2.94. The molecule has 3 N–H and O–H groups in total. The zero-order valence-electron chi connectivity index (χ0n) is 15.2. The van der Waals surface area contributed by atoms with Crippen molar-refractivity contribution in [2.24, 2.45) is 0 Å². The Labute approximate surface area is 162 Å². The SMILES string of the molecule is O=C(NCCc1c[nH]c2ccccc12)c1cc(NC2CCS(=O)(=O)C2)ncn1. The third-order valence-electron chi connectivity index (χ3n) is 4.84. The molecular formula is C19H21N5O3S. The number of aromatic nitrogens is 3. The summed E-state index contributed by atoms with van der Waals surface area (Å²) in [5.74, 6) is 0.434. The summed E-state index contributed by atoms with van der Waals surface area (Å²) < 4.78 is 23.1. The minimum atomic E-state index is -2.98. The van der Waals surface area contributed by atoms with Crippen LogP contribution in [0.1, 0.15) is 22.5 Å². The number of H-pyrrole nitrogens is 1. The molecule has 2 aromatic heterocycles. The fourth-order valence-electron chi connectivity index (χ4n) is 3.42. The second-order valence-electron chi connectivity index (χ2n) is 6.90. The summed E-state index contributed by atoms with van der Waals surface area (Å²) in [4.78, 5) is 23.7. The van der Waals surface area contributed by atoms with Crippen LogP contribution in [0.2, 0.25) is 0 Å². The molecule has 0 saturated carbocycles. The molecule has 1 aromatic carbocycles. The van der Waals surface area contributed by atoms with Crippen molar-refractivity contribution in [3.8, 4) is 0 Å². The van der Waals surface area contributed by atoms with Crippen LogP contribution in [0.3, 0.4) is 0 Å². The number of anilines is 1. The highest BCUT2D eigenvalue weighted by Crippen LogP contribution is 2.18. The van der Waals surface area contributed by atoms with Gasteiger partial charge in [0, 0.05) is 35.8 Å². The molecule has 1 unspecified atom stereocenters. The van der Waals surface area contributed by atoms with Gasteiger partial charge in [0.15, 0.2) is 9.84 Å².